The van der Waals surface area contributed by atoms with Crippen LogP contribution in [0, 0.1) is 5.92 Å². The van der Waals surface area contributed by atoms with E-state index in [0.717, 1.165) is 30.8 Å². The van der Waals surface area contributed by atoms with Crippen LogP contribution in [0.2, 0.25) is 0 Å². The minimum absolute atomic E-state index is 0.110. The topological polar surface area (TPSA) is 71.1 Å². The molecule has 1 aromatic carbocycles. The van der Waals surface area contributed by atoms with Gasteiger partial charge in [0.1, 0.15) is 5.75 Å². The number of nitrogens with zero attached hydrogens (tertiary/aromatic N) is 2. The van der Waals surface area contributed by atoms with Gasteiger partial charge in [-0.15, -0.1) is 0 Å². The number of ether oxygens (including phenoxy) is 1. The maximum atomic E-state index is 8.75. The van der Waals surface area contributed by atoms with E-state index in [1.807, 2.05) is 12.1 Å². The van der Waals surface area contributed by atoms with Crippen LogP contribution >= 0.6 is 0 Å². The molecular weight excluding hydrogens is 254 g/mol. The van der Waals surface area contributed by atoms with E-state index in [1.165, 1.54) is 0 Å². The van der Waals surface area contributed by atoms with Crippen molar-refractivity contribution in [2.45, 2.75) is 26.8 Å². The zero-order chi connectivity index (χ0) is 15.1. The van der Waals surface area contributed by atoms with Gasteiger partial charge in [0.15, 0.2) is 5.84 Å². The zero-order valence-corrected chi connectivity index (χ0v) is 12.8. The molecule has 0 aromatic heterocycles. The van der Waals surface area contributed by atoms with Crippen LogP contribution in [-0.4, -0.2) is 36.6 Å². The maximum Gasteiger partial charge on any atom is 0.170 e. The second-order valence-corrected chi connectivity index (χ2v) is 5.43. The Morgan fingerprint density at radius 2 is 2.15 bits per heavy atom. The lowest BCUT2D eigenvalue weighted by Crippen LogP contribution is -2.21. The first-order valence-corrected chi connectivity index (χ1v) is 6.81. The van der Waals surface area contributed by atoms with Gasteiger partial charge in [-0.1, -0.05) is 19.0 Å². The predicted molar refractivity (Wildman–Crippen MR) is 81.3 cm³/mol. The van der Waals surface area contributed by atoms with Crippen LogP contribution in [0.25, 0.3) is 0 Å². The van der Waals surface area contributed by atoms with Crippen LogP contribution in [0.5, 0.6) is 5.75 Å². The lowest BCUT2D eigenvalue weighted by Gasteiger charge is -2.20. The first-order valence-electron chi connectivity index (χ1n) is 6.81. The number of hydrogen-bond donors (Lipinski definition) is 2. The summed E-state index contributed by atoms with van der Waals surface area (Å²) in [4.78, 5) is 2.24. The molecule has 0 heterocycles. The van der Waals surface area contributed by atoms with Crippen LogP contribution in [0.3, 0.4) is 0 Å². The van der Waals surface area contributed by atoms with E-state index in [2.05, 4.69) is 31.0 Å². The Bertz CT molecular complexity index is 458. The molecule has 1 rings (SSSR count). The minimum atomic E-state index is 0.110. The minimum Gasteiger partial charge on any atom is -0.496 e. The molecule has 0 saturated carbocycles. The molecule has 0 aliphatic rings. The number of benzene rings is 1. The van der Waals surface area contributed by atoms with Crippen LogP contribution < -0.4 is 10.5 Å². The predicted octanol–water partition coefficient (Wildman–Crippen LogP) is 2.27. The molecule has 0 aliphatic carbocycles. The summed E-state index contributed by atoms with van der Waals surface area (Å²) in [5.41, 5.74) is 7.35. The second kappa shape index (κ2) is 7.75. The second-order valence-electron chi connectivity index (χ2n) is 5.43. The molecule has 0 saturated heterocycles. The molecule has 5 heteroatoms. The maximum absolute atomic E-state index is 8.75. The van der Waals surface area contributed by atoms with Gasteiger partial charge in [0.05, 0.1) is 7.11 Å². The summed E-state index contributed by atoms with van der Waals surface area (Å²) in [7, 11) is 3.73. The summed E-state index contributed by atoms with van der Waals surface area (Å²) in [6.45, 7) is 6.22. The van der Waals surface area contributed by atoms with Crippen molar-refractivity contribution >= 4 is 5.84 Å². The first kappa shape index (κ1) is 16.3. The lowest BCUT2D eigenvalue weighted by molar-refractivity contribution is 0.297. The van der Waals surface area contributed by atoms with Gasteiger partial charge in [-0.3, -0.25) is 0 Å². The Hall–Kier alpha value is -1.75. The summed E-state index contributed by atoms with van der Waals surface area (Å²) < 4.78 is 5.37. The summed E-state index contributed by atoms with van der Waals surface area (Å²) >= 11 is 0. The van der Waals surface area contributed by atoms with E-state index in [4.69, 9.17) is 15.7 Å². The molecule has 0 fully saturated rings. The summed E-state index contributed by atoms with van der Waals surface area (Å²) in [6.07, 6.45) is 1.15. The molecular formula is C15H25N3O2. The third kappa shape index (κ3) is 4.74. The highest BCUT2D eigenvalue weighted by atomic mass is 16.5. The number of rotatable bonds is 7. The fourth-order valence-electron chi connectivity index (χ4n) is 1.97. The van der Waals surface area contributed by atoms with Gasteiger partial charge in [-0.05, 0) is 44.1 Å². The van der Waals surface area contributed by atoms with Crippen LogP contribution in [0.15, 0.2) is 23.4 Å². The van der Waals surface area contributed by atoms with Gasteiger partial charge >= 0.3 is 0 Å². The van der Waals surface area contributed by atoms with Crippen molar-refractivity contribution in [2.75, 3.05) is 20.7 Å². The van der Waals surface area contributed by atoms with Crippen molar-refractivity contribution in [3.8, 4) is 5.75 Å². The Labute approximate surface area is 121 Å². The highest BCUT2D eigenvalue weighted by Crippen LogP contribution is 2.21. The van der Waals surface area contributed by atoms with Gasteiger partial charge in [0.2, 0.25) is 0 Å². The van der Waals surface area contributed by atoms with Gasteiger partial charge < -0.3 is 20.6 Å². The molecule has 112 valence electrons. The van der Waals surface area contributed by atoms with E-state index in [0.29, 0.717) is 11.5 Å². The van der Waals surface area contributed by atoms with Crippen LogP contribution in [0.4, 0.5) is 0 Å². The van der Waals surface area contributed by atoms with Gasteiger partial charge in [-0.25, -0.2) is 0 Å². The molecule has 0 spiro atoms. The highest BCUT2D eigenvalue weighted by molar-refractivity contribution is 5.97. The fourth-order valence-corrected chi connectivity index (χ4v) is 1.97. The lowest BCUT2D eigenvalue weighted by atomic mass is 10.1. The standard InChI is InChI=1S/C15H25N3O2/c1-11(2)7-8-18(3)10-13-9-12(15(16)17-19)5-6-14(13)20-4/h5-6,9,11,19H,7-8,10H2,1-4H3,(H2,16,17). The molecule has 0 radical (unpaired) electrons. The number of oxime groups is 1. The van der Waals surface area contributed by atoms with Crippen LogP contribution in [-0.2, 0) is 6.54 Å². The number of amidine groups is 1. The van der Waals surface area contributed by atoms with Gasteiger partial charge in [0, 0.05) is 17.7 Å². The Balaban J connectivity index is 2.85. The van der Waals surface area contributed by atoms with E-state index in [1.54, 1.807) is 13.2 Å². The number of nitrogens with two attached hydrogens (primary N) is 1. The van der Waals surface area contributed by atoms with E-state index in [-0.39, 0.29) is 5.84 Å². The Kier molecular flexibility index (Phi) is 6.31. The monoisotopic (exact) mass is 279 g/mol. The molecule has 1 aromatic rings. The third-order valence-electron chi connectivity index (χ3n) is 3.21. The molecule has 0 unspecified atom stereocenters. The van der Waals surface area contributed by atoms with E-state index >= 15 is 0 Å². The fraction of sp³-hybridized carbons (Fsp3) is 0.533. The molecule has 0 atom stereocenters. The molecule has 0 bridgehead atoms. The number of hydrogen-bond acceptors (Lipinski definition) is 4. The Morgan fingerprint density at radius 3 is 2.70 bits per heavy atom. The van der Waals surface area contributed by atoms with Gasteiger partial charge in [-0.2, -0.15) is 0 Å². The van der Waals surface area contributed by atoms with E-state index in [9.17, 15) is 0 Å². The average Bonchev–Trinajstić information content (AvgIpc) is 2.44. The van der Waals surface area contributed by atoms with Crippen molar-refractivity contribution in [3.05, 3.63) is 29.3 Å². The molecule has 5 nitrogen and oxygen atoms in total. The normalized spacial score (nSPS) is 12.2. The highest BCUT2D eigenvalue weighted by Gasteiger charge is 2.10. The molecule has 20 heavy (non-hydrogen) atoms. The molecule has 0 aliphatic heterocycles. The largest absolute Gasteiger partial charge is 0.496 e. The zero-order valence-electron chi connectivity index (χ0n) is 12.8. The summed E-state index contributed by atoms with van der Waals surface area (Å²) in [5, 5.41) is 11.8. The first-order chi connectivity index (χ1) is 9.47. The summed E-state index contributed by atoms with van der Waals surface area (Å²) in [6, 6.07) is 5.53. The van der Waals surface area contributed by atoms with Gasteiger partial charge in [0.25, 0.3) is 0 Å². The smallest absolute Gasteiger partial charge is 0.170 e. The SMILES string of the molecule is COc1ccc(/C(N)=N/O)cc1CN(C)CCC(C)C. The van der Waals surface area contributed by atoms with Crippen molar-refractivity contribution in [3.63, 3.8) is 0 Å². The van der Waals surface area contributed by atoms with Crippen LogP contribution in [0.1, 0.15) is 31.4 Å². The third-order valence-corrected chi connectivity index (χ3v) is 3.21. The van der Waals surface area contributed by atoms with Crippen molar-refractivity contribution in [1.29, 1.82) is 0 Å². The van der Waals surface area contributed by atoms with E-state index < -0.39 is 0 Å². The molecule has 3 N–H and O–H groups in total. The quantitative estimate of drug-likeness (QED) is 0.347. The van der Waals surface area contributed by atoms with Crippen molar-refractivity contribution < 1.29 is 9.94 Å². The Morgan fingerprint density at radius 1 is 1.45 bits per heavy atom. The number of methoxy groups -OCH3 is 1. The average molecular weight is 279 g/mol. The summed E-state index contributed by atoms with van der Waals surface area (Å²) in [5.74, 6) is 1.61. The van der Waals surface area contributed by atoms with Crippen molar-refractivity contribution in [1.82, 2.24) is 4.90 Å². The molecule has 0 amide bonds. The van der Waals surface area contributed by atoms with Crippen molar-refractivity contribution in [2.24, 2.45) is 16.8 Å².